The molecule has 0 aromatic carbocycles. The summed E-state index contributed by atoms with van der Waals surface area (Å²) in [5.74, 6) is -0.764. The lowest BCUT2D eigenvalue weighted by Crippen LogP contribution is -2.36. The Morgan fingerprint density at radius 1 is 0.957 bits per heavy atom. The van der Waals surface area contributed by atoms with Crippen LogP contribution >= 0.6 is 0 Å². The summed E-state index contributed by atoms with van der Waals surface area (Å²) in [6, 6.07) is 0. The molecule has 0 aliphatic heterocycles. The van der Waals surface area contributed by atoms with E-state index in [1.807, 2.05) is 6.08 Å². The van der Waals surface area contributed by atoms with Gasteiger partial charge in [-0.15, -0.1) is 0 Å². The highest BCUT2D eigenvalue weighted by Gasteiger charge is 2.21. The molecule has 4 N–H and O–H groups in total. The number of allylic oxidation sites excluding steroid dienone is 1. The van der Waals surface area contributed by atoms with Gasteiger partial charge >= 0.3 is 5.97 Å². The van der Waals surface area contributed by atoms with Crippen LogP contribution in [-0.4, -0.2) is 44.7 Å². The molecule has 0 saturated heterocycles. The van der Waals surface area contributed by atoms with E-state index in [0.29, 0.717) is 12.8 Å². The first kappa shape index (κ1) is 22.1. The Morgan fingerprint density at radius 3 is 2.26 bits per heavy atom. The molecule has 0 amide bonds. The number of carbonyl (C=O) groups is 1. The maximum Gasteiger partial charge on any atom is 0.303 e. The van der Waals surface area contributed by atoms with Crippen molar-refractivity contribution in [3.8, 4) is 0 Å². The molecule has 3 atom stereocenters. The Morgan fingerprint density at radius 2 is 1.61 bits per heavy atom. The van der Waals surface area contributed by atoms with Crippen LogP contribution in [0.5, 0.6) is 0 Å². The topological polar surface area (TPSA) is 98.0 Å². The molecule has 0 radical (unpaired) electrons. The van der Waals surface area contributed by atoms with Crippen LogP contribution in [0, 0.1) is 0 Å². The van der Waals surface area contributed by atoms with Crippen molar-refractivity contribution in [2.24, 2.45) is 0 Å². The maximum atomic E-state index is 10.4. The molecule has 0 saturated carbocycles. The molecule has 136 valence electrons. The Kier molecular flexibility index (Phi) is 14.1. The minimum absolute atomic E-state index is 0.206. The number of carboxylic acid groups (broad SMARTS) is 1. The van der Waals surface area contributed by atoms with E-state index in [4.69, 9.17) is 5.11 Å². The van der Waals surface area contributed by atoms with Gasteiger partial charge in [0.1, 0.15) is 12.2 Å². The summed E-state index contributed by atoms with van der Waals surface area (Å²) >= 11 is 0. The smallest absolute Gasteiger partial charge is 0.303 e. The van der Waals surface area contributed by atoms with Crippen molar-refractivity contribution >= 4 is 5.97 Å². The van der Waals surface area contributed by atoms with Crippen LogP contribution in [0.3, 0.4) is 0 Å². The second-order valence-corrected chi connectivity index (χ2v) is 6.17. The number of rotatable bonds is 15. The number of aliphatic hydroxyl groups is 3. The minimum Gasteiger partial charge on any atom is -0.481 e. The lowest BCUT2D eigenvalue weighted by atomic mass is 10.0. The quantitative estimate of drug-likeness (QED) is 0.273. The van der Waals surface area contributed by atoms with Crippen molar-refractivity contribution in [2.45, 2.75) is 95.9 Å². The van der Waals surface area contributed by atoms with Crippen molar-refractivity contribution in [3.05, 3.63) is 12.2 Å². The van der Waals surface area contributed by atoms with Gasteiger partial charge in [0, 0.05) is 6.42 Å². The highest BCUT2D eigenvalue weighted by molar-refractivity contribution is 5.66. The SMILES string of the molecule is CCCCC/C=C\[C@@H](O)[C@@H](O)[C@H](O)CCCCCCCC(=O)O. The van der Waals surface area contributed by atoms with Gasteiger partial charge in [0.05, 0.1) is 6.10 Å². The van der Waals surface area contributed by atoms with Gasteiger partial charge in [0.15, 0.2) is 0 Å². The number of hydrogen-bond acceptors (Lipinski definition) is 4. The summed E-state index contributed by atoms with van der Waals surface area (Å²) in [5, 5.41) is 38.1. The van der Waals surface area contributed by atoms with Crippen molar-refractivity contribution in [1.82, 2.24) is 0 Å². The van der Waals surface area contributed by atoms with Crippen LogP contribution in [-0.2, 0) is 4.79 Å². The second kappa shape index (κ2) is 14.7. The standard InChI is InChI=1S/C18H34O5/c1-2-3-4-6-9-12-15(19)18(23)16(20)13-10-7-5-8-11-14-17(21)22/h9,12,15-16,18-20,23H,2-8,10-11,13-14H2,1H3,(H,21,22)/b12-9-/t15-,16-,18-/m1/s1. The van der Waals surface area contributed by atoms with Crippen LogP contribution in [0.1, 0.15) is 77.6 Å². The normalized spacial score (nSPS) is 15.7. The zero-order chi connectivity index (χ0) is 17.5. The first-order valence-corrected chi connectivity index (χ1v) is 8.91. The molecule has 0 spiro atoms. The van der Waals surface area contributed by atoms with Crippen LogP contribution in [0.15, 0.2) is 12.2 Å². The van der Waals surface area contributed by atoms with Gasteiger partial charge in [-0.05, 0) is 25.7 Å². The average Bonchev–Trinajstić information content (AvgIpc) is 2.52. The summed E-state index contributed by atoms with van der Waals surface area (Å²) in [7, 11) is 0. The first-order chi connectivity index (χ1) is 11.0. The molecular weight excluding hydrogens is 296 g/mol. The minimum atomic E-state index is -1.15. The van der Waals surface area contributed by atoms with Crippen molar-refractivity contribution < 1.29 is 25.2 Å². The van der Waals surface area contributed by atoms with Crippen LogP contribution in [0.4, 0.5) is 0 Å². The Balaban J connectivity index is 3.71. The van der Waals surface area contributed by atoms with E-state index in [-0.39, 0.29) is 6.42 Å². The van der Waals surface area contributed by atoms with E-state index < -0.39 is 24.3 Å². The Bertz CT molecular complexity index is 317. The fourth-order valence-electron chi connectivity index (χ4n) is 2.42. The summed E-state index contributed by atoms with van der Waals surface area (Å²) in [5.41, 5.74) is 0. The van der Waals surface area contributed by atoms with Crippen molar-refractivity contribution in [3.63, 3.8) is 0 Å². The van der Waals surface area contributed by atoms with Gasteiger partial charge in [-0.25, -0.2) is 0 Å². The number of hydrogen-bond donors (Lipinski definition) is 4. The lowest BCUT2D eigenvalue weighted by molar-refractivity contribution is -0.137. The third-order valence-corrected chi connectivity index (χ3v) is 3.94. The first-order valence-electron chi connectivity index (χ1n) is 8.91. The number of aliphatic hydroxyl groups excluding tert-OH is 3. The Labute approximate surface area is 140 Å². The monoisotopic (exact) mass is 330 g/mol. The third kappa shape index (κ3) is 13.2. The molecule has 0 unspecified atom stereocenters. The summed E-state index contributed by atoms with van der Waals surface area (Å²) < 4.78 is 0. The van der Waals surface area contributed by atoms with E-state index in [1.54, 1.807) is 6.08 Å². The number of unbranched alkanes of at least 4 members (excludes halogenated alkanes) is 7. The van der Waals surface area contributed by atoms with E-state index in [0.717, 1.165) is 51.4 Å². The average molecular weight is 330 g/mol. The van der Waals surface area contributed by atoms with Gasteiger partial charge < -0.3 is 20.4 Å². The zero-order valence-corrected chi connectivity index (χ0v) is 14.4. The molecule has 23 heavy (non-hydrogen) atoms. The molecule has 0 aliphatic carbocycles. The van der Waals surface area contributed by atoms with Crippen LogP contribution in [0.25, 0.3) is 0 Å². The molecule has 0 fully saturated rings. The fourth-order valence-corrected chi connectivity index (χ4v) is 2.42. The van der Waals surface area contributed by atoms with Gasteiger partial charge in [-0.2, -0.15) is 0 Å². The largest absolute Gasteiger partial charge is 0.481 e. The Hall–Kier alpha value is -0.910. The molecule has 0 rings (SSSR count). The van der Waals surface area contributed by atoms with E-state index in [2.05, 4.69) is 6.92 Å². The number of aliphatic carboxylic acids is 1. The van der Waals surface area contributed by atoms with E-state index >= 15 is 0 Å². The van der Waals surface area contributed by atoms with Crippen molar-refractivity contribution in [2.75, 3.05) is 0 Å². The summed E-state index contributed by atoms with van der Waals surface area (Å²) in [6.45, 7) is 2.13. The van der Waals surface area contributed by atoms with Gasteiger partial charge in [0.25, 0.3) is 0 Å². The van der Waals surface area contributed by atoms with Gasteiger partial charge in [0.2, 0.25) is 0 Å². The zero-order valence-electron chi connectivity index (χ0n) is 14.4. The van der Waals surface area contributed by atoms with Gasteiger partial charge in [-0.3, -0.25) is 4.79 Å². The summed E-state index contributed by atoms with van der Waals surface area (Å²) in [6.07, 6.45) is 9.36. The molecule has 5 nitrogen and oxygen atoms in total. The number of carboxylic acids is 1. The summed E-state index contributed by atoms with van der Waals surface area (Å²) in [4.78, 5) is 10.4. The van der Waals surface area contributed by atoms with E-state index in [1.165, 1.54) is 0 Å². The molecular formula is C18H34O5. The van der Waals surface area contributed by atoms with Crippen LogP contribution < -0.4 is 0 Å². The highest BCUT2D eigenvalue weighted by atomic mass is 16.4. The molecule has 0 aliphatic rings. The predicted octanol–water partition coefficient (Wildman–Crippen LogP) is 3.02. The third-order valence-electron chi connectivity index (χ3n) is 3.94. The predicted molar refractivity (Wildman–Crippen MR) is 91.3 cm³/mol. The maximum absolute atomic E-state index is 10.4. The molecule has 0 bridgehead atoms. The second-order valence-electron chi connectivity index (χ2n) is 6.17. The fraction of sp³-hybridized carbons (Fsp3) is 0.833. The molecule has 0 heterocycles. The van der Waals surface area contributed by atoms with E-state index in [9.17, 15) is 20.1 Å². The lowest BCUT2D eigenvalue weighted by Gasteiger charge is -2.20. The van der Waals surface area contributed by atoms with Gasteiger partial charge in [-0.1, -0.05) is 57.6 Å². The molecule has 5 heteroatoms. The van der Waals surface area contributed by atoms with Crippen LogP contribution in [0.2, 0.25) is 0 Å². The van der Waals surface area contributed by atoms with Crippen molar-refractivity contribution in [1.29, 1.82) is 0 Å². The molecule has 0 aromatic heterocycles. The molecule has 0 aromatic rings. The highest BCUT2D eigenvalue weighted by Crippen LogP contribution is 2.13.